The normalized spacial score (nSPS) is 16.4. The van der Waals surface area contributed by atoms with Gasteiger partial charge in [-0.05, 0) is 43.0 Å². The van der Waals surface area contributed by atoms with Crippen LogP contribution in [0.4, 0.5) is 5.69 Å². The summed E-state index contributed by atoms with van der Waals surface area (Å²) < 4.78 is 0. The maximum atomic E-state index is 12.2. The Morgan fingerprint density at radius 1 is 1.13 bits per heavy atom. The number of nitrogens with one attached hydrogen (secondary N) is 1. The second-order valence-electron chi connectivity index (χ2n) is 6.03. The molecule has 0 spiro atoms. The SMILES string of the molecule is CC(=O)N1CCc2cc(C(=O)NCC(=O)N3CCCC3)ccc21. The zero-order valence-corrected chi connectivity index (χ0v) is 13.3. The smallest absolute Gasteiger partial charge is 0.251 e. The van der Waals surface area contributed by atoms with E-state index in [0.717, 1.165) is 43.6 Å². The average Bonchev–Trinajstić information content (AvgIpc) is 3.20. The average molecular weight is 315 g/mol. The van der Waals surface area contributed by atoms with Crippen molar-refractivity contribution in [1.82, 2.24) is 10.2 Å². The van der Waals surface area contributed by atoms with Gasteiger partial charge in [-0.3, -0.25) is 14.4 Å². The highest BCUT2D eigenvalue weighted by molar-refractivity contribution is 5.99. The second kappa shape index (κ2) is 6.40. The van der Waals surface area contributed by atoms with Crippen molar-refractivity contribution in [1.29, 1.82) is 0 Å². The van der Waals surface area contributed by atoms with E-state index in [2.05, 4.69) is 5.32 Å². The summed E-state index contributed by atoms with van der Waals surface area (Å²) in [5, 5.41) is 2.69. The van der Waals surface area contributed by atoms with E-state index in [-0.39, 0.29) is 24.3 Å². The van der Waals surface area contributed by atoms with E-state index < -0.39 is 0 Å². The van der Waals surface area contributed by atoms with Gasteiger partial charge in [-0.2, -0.15) is 0 Å². The maximum Gasteiger partial charge on any atom is 0.251 e. The number of benzene rings is 1. The van der Waals surface area contributed by atoms with Gasteiger partial charge in [0.2, 0.25) is 11.8 Å². The Kier molecular flexibility index (Phi) is 4.32. The highest BCUT2D eigenvalue weighted by Crippen LogP contribution is 2.28. The molecular formula is C17H21N3O3. The summed E-state index contributed by atoms with van der Waals surface area (Å²) in [6.07, 6.45) is 2.83. The quantitative estimate of drug-likeness (QED) is 0.903. The van der Waals surface area contributed by atoms with Gasteiger partial charge in [-0.25, -0.2) is 0 Å². The second-order valence-corrected chi connectivity index (χ2v) is 6.03. The summed E-state index contributed by atoms with van der Waals surface area (Å²) in [4.78, 5) is 39.2. The molecule has 0 radical (unpaired) electrons. The highest BCUT2D eigenvalue weighted by Gasteiger charge is 2.23. The molecule has 6 heteroatoms. The van der Waals surface area contributed by atoms with Crippen LogP contribution in [0.2, 0.25) is 0 Å². The van der Waals surface area contributed by atoms with Gasteiger partial charge in [0.15, 0.2) is 0 Å². The Labute approximate surface area is 135 Å². The molecule has 1 aromatic carbocycles. The molecule has 0 unspecified atom stereocenters. The molecule has 2 aliphatic rings. The van der Waals surface area contributed by atoms with Crippen molar-refractivity contribution >= 4 is 23.4 Å². The summed E-state index contributed by atoms with van der Waals surface area (Å²) in [5.74, 6) is -0.265. The zero-order valence-electron chi connectivity index (χ0n) is 13.3. The van der Waals surface area contributed by atoms with Gasteiger partial charge in [-0.1, -0.05) is 0 Å². The van der Waals surface area contributed by atoms with E-state index in [9.17, 15) is 14.4 Å². The molecule has 3 rings (SSSR count). The van der Waals surface area contributed by atoms with Gasteiger partial charge in [-0.15, -0.1) is 0 Å². The van der Waals surface area contributed by atoms with Gasteiger partial charge < -0.3 is 15.1 Å². The lowest BCUT2D eigenvalue weighted by Crippen LogP contribution is -2.38. The number of anilines is 1. The number of amides is 3. The predicted molar refractivity (Wildman–Crippen MR) is 86.3 cm³/mol. The summed E-state index contributed by atoms with van der Waals surface area (Å²) in [7, 11) is 0. The lowest BCUT2D eigenvalue weighted by Gasteiger charge is -2.16. The molecular weight excluding hydrogens is 294 g/mol. The molecule has 0 saturated carbocycles. The summed E-state index contributed by atoms with van der Waals surface area (Å²) >= 11 is 0. The molecule has 122 valence electrons. The minimum atomic E-state index is -0.248. The van der Waals surface area contributed by atoms with Crippen LogP contribution in [0, 0.1) is 0 Å². The number of hydrogen-bond acceptors (Lipinski definition) is 3. The van der Waals surface area contributed by atoms with Gasteiger partial charge in [0, 0.05) is 37.8 Å². The fourth-order valence-corrected chi connectivity index (χ4v) is 3.21. The van der Waals surface area contributed by atoms with Crippen molar-refractivity contribution in [2.24, 2.45) is 0 Å². The highest BCUT2D eigenvalue weighted by atomic mass is 16.2. The third-order valence-electron chi connectivity index (χ3n) is 4.48. The Morgan fingerprint density at radius 2 is 1.87 bits per heavy atom. The number of likely N-dealkylation sites (tertiary alicyclic amines) is 1. The number of rotatable bonds is 3. The topological polar surface area (TPSA) is 69.7 Å². The third kappa shape index (κ3) is 3.21. The standard InChI is InChI=1S/C17H21N3O3/c1-12(21)20-9-6-13-10-14(4-5-15(13)20)17(23)18-11-16(22)19-7-2-3-8-19/h4-5,10H,2-3,6-9,11H2,1H3,(H,18,23). The maximum absolute atomic E-state index is 12.2. The summed E-state index contributed by atoms with van der Waals surface area (Å²) in [6.45, 7) is 3.81. The van der Waals surface area contributed by atoms with Gasteiger partial charge >= 0.3 is 0 Å². The summed E-state index contributed by atoms with van der Waals surface area (Å²) in [5.41, 5.74) is 2.41. The van der Waals surface area contributed by atoms with Crippen molar-refractivity contribution in [3.05, 3.63) is 29.3 Å². The number of nitrogens with zero attached hydrogens (tertiary/aromatic N) is 2. The minimum absolute atomic E-state index is 0.0113. The van der Waals surface area contributed by atoms with E-state index in [1.165, 1.54) is 0 Å². The molecule has 1 saturated heterocycles. The van der Waals surface area contributed by atoms with Crippen LogP contribution in [0.25, 0.3) is 0 Å². The molecule has 1 fully saturated rings. The van der Waals surface area contributed by atoms with Crippen LogP contribution in [-0.4, -0.2) is 48.8 Å². The zero-order chi connectivity index (χ0) is 16.4. The van der Waals surface area contributed by atoms with E-state index >= 15 is 0 Å². The Morgan fingerprint density at radius 3 is 2.57 bits per heavy atom. The molecule has 2 heterocycles. The van der Waals surface area contributed by atoms with Crippen molar-refractivity contribution < 1.29 is 14.4 Å². The molecule has 0 bridgehead atoms. The molecule has 6 nitrogen and oxygen atoms in total. The van der Waals surface area contributed by atoms with Gasteiger partial charge in [0.25, 0.3) is 5.91 Å². The van der Waals surface area contributed by atoms with Crippen LogP contribution in [0.3, 0.4) is 0 Å². The van der Waals surface area contributed by atoms with Gasteiger partial charge in [0.05, 0.1) is 6.54 Å². The fraction of sp³-hybridized carbons (Fsp3) is 0.471. The first-order valence-electron chi connectivity index (χ1n) is 8.03. The van der Waals surface area contributed by atoms with E-state index in [0.29, 0.717) is 12.1 Å². The lowest BCUT2D eigenvalue weighted by atomic mass is 10.1. The Hall–Kier alpha value is -2.37. The Bertz CT molecular complexity index is 650. The van der Waals surface area contributed by atoms with Crippen molar-refractivity contribution in [2.45, 2.75) is 26.2 Å². The number of fused-ring (bicyclic) bond motifs is 1. The van der Waals surface area contributed by atoms with Crippen LogP contribution >= 0.6 is 0 Å². The molecule has 1 aromatic rings. The molecule has 2 aliphatic heterocycles. The van der Waals surface area contributed by atoms with Crippen LogP contribution in [0.5, 0.6) is 0 Å². The van der Waals surface area contributed by atoms with Gasteiger partial charge in [0.1, 0.15) is 0 Å². The monoisotopic (exact) mass is 315 g/mol. The number of carbonyl (C=O) groups excluding carboxylic acids is 3. The van der Waals surface area contributed by atoms with Crippen molar-refractivity contribution in [2.75, 3.05) is 31.1 Å². The molecule has 0 aliphatic carbocycles. The van der Waals surface area contributed by atoms with E-state index in [1.54, 1.807) is 28.9 Å². The molecule has 1 N–H and O–H groups in total. The van der Waals surface area contributed by atoms with Crippen molar-refractivity contribution in [3.8, 4) is 0 Å². The largest absolute Gasteiger partial charge is 0.343 e. The first kappa shape index (κ1) is 15.5. The first-order valence-corrected chi connectivity index (χ1v) is 8.03. The van der Waals surface area contributed by atoms with Crippen LogP contribution < -0.4 is 10.2 Å². The predicted octanol–water partition coefficient (Wildman–Crippen LogP) is 0.948. The fourth-order valence-electron chi connectivity index (χ4n) is 3.21. The summed E-state index contributed by atoms with van der Waals surface area (Å²) in [6, 6.07) is 5.32. The number of carbonyl (C=O) groups is 3. The van der Waals surface area contributed by atoms with E-state index in [4.69, 9.17) is 0 Å². The molecule has 3 amide bonds. The van der Waals surface area contributed by atoms with Crippen LogP contribution in [0.15, 0.2) is 18.2 Å². The van der Waals surface area contributed by atoms with Crippen molar-refractivity contribution in [3.63, 3.8) is 0 Å². The molecule has 0 atom stereocenters. The number of hydrogen-bond donors (Lipinski definition) is 1. The first-order chi connectivity index (χ1) is 11.1. The Balaban J connectivity index is 1.62. The lowest BCUT2D eigenvalue weighted by molar-refractivity contribution is -0.129. The minimum Gasteiger partial charge on any atom is -0.343 e. The molecule has 23 heavy (non-hydrogen) atoms. The molecule has 0 aromatic heterocycles. The van der Waals surface area contributed by atoms with Crippen LogP contribution in [-0.2, 0) is 16.0 Å². The van der Waals surface area contributed by atoms with E-state index in [1.807, 2.05) is 6.07 Å². The third-order valence-corrected chi connectivity index (χ3v) is 4.48. The van der Waals surface area contributed by atoms with Crippen LogP contribution in [0.1, 0.15) is 35.7 Å².